The number of hydrogen-bond donors (Lipinski definition) is 0. The van der Waals surface area contributed by atoms with Crippen molar-refractivity contribution in [3.8, 4) is 0 Å². The number of carbonyl (C=O) groups is 1. The second-order valence-corrected chi connectivity index (χ2v) is 8.55. The maximum Gasteiger partial charge on any atom is 0.262 e. The van der Waals surface area contributed by atoms with Crippen molar-refractivity contribution in [3.63, 3.8) is 0 Å². The summed E-state index contributed by atoms with van der Waals surface area (Å²) in [7, 11) is 0. The minimum absolute atomic E-state index is 0.0823. The van der Waals surface area contributed by atoms with E-state index in [-0.39, 0.29) is 5.91 Å². The number of halogens is 2. The predicted octanol–water partition coefficient (Wildman–Crippen LogP) is 7.98. The molecule has 156 valence electrons. The van der Waals surface area contributed by atoms with Gasteiger partial charge in [-0.15, -0.1) is 0 Å². The Balaban J connectivity index is 1.78. The Morgan fingerprint density at radius 2 is 1.68 bits per heavy atom. The summed E-state index contributed by atoms with van der Waals surface area (Å²) in [5.74, 6) is 0.399. The van der Waals surface area contributed by atoms with Crippen LogP contribution in [0.3, 0.4) is 0 Å². The Hall–Kier alpha value is -2.81. The molecule has 3 aromatic rings. The van der Waals surface area contributed by atoms with Crippen molar-refractivity contribution in [2.45, 2.75) is 26.2 Å². The van der Waals surface area contributed by atoms with Gasteiger partial charge in [-0.1, -0.05) is 85.6 Å². The molecule has 1 aliphatic heterocycles. The van der Waals surface area contributed by atoms with Gasteiger partial charge >= 0.3 is 0 Å². The first-order chi connectivity index (χ1) is 15.0. The normalized spacial score (nSPS) is 16.0. The first-order valence-electron chi connectivity index (χ1n) is 10.4. The fourth-order valence-electron chi connectivity index (χ4n) is 3.67. The summed E-state index contributed by atoms with van der Waals surface area (Å²) in [4.78, 5) is 15.3. The Labute approximate surface area is 193 Å². The zero-order valence-corrected chi connectivity index (χ0v) is 19.0. The highest BCUT2D eigenvalue weighted by Gasteiger charge is 2.30. The SMILES string of the molecule is CC[C@H](C)c1ccc(N2C(=O)/C(=C/c3ccc(Cl)cc3Cl)C=C2c2ccccc2)cc1. The van der Waals surface area contributed by atoms with E-state index in [1.807, 2.05) is 60.7 Å². The van der Waals surface area contributed by atoms with Crippen molar-refractivity contribution < 1.29 is 4.79 Å². The first kappa shape index (κ1) is 21.4. The molecule has 3 aromatic carbocycles. The molecule has 0 spiro atoms. The predicted molar refractivity (Wildman–Crippen MR) is 131 cm³/mol. The zero-order chi connectivity index (χ0) is 22.0. The third-order valence-corrected chi connectivity index (χ3v) is 6.22. The minimum atomic E-state index is -0.0823. The highest BCUT2D eigenvalue weighted by Crippen LogP contribution is 2.36. The molecule has 1 amide bonds. The van der Waals surface area contributed by atoms with Crippen LogP contribution in [-0.2, 0) is 4.79 Å². The van der Waals surface area contributed by atoms with Gasteiger partial charge in [0.25, 0.3) is 5.91 Å². The summed E-state index contributed by atoms with van der Waals surface area (Å²) in [6.45, 7) is 4.39. The largest absolute Gasteiger partial charge is 0.276 e. The van der Waals surface area contributed by atoms with E-state index in [9.17, 15) is 4.79 Å². The highest BCUT2D eigenvalue weighted by molar-refractivity contribution is 6.35. The molecule has 0 fully saturated rings. The topological polar surface area (TPSA) is 20.3 Å². The standard InChI is InChI=1S/C27H23Cl2NO/c1-3-18(2)19-10-13-24(14-11-19)30-26(20-7-5-4-6-8-20)16-22(27(30)31)15-21-9-12-23(28)17-25(21)29/h4-18H,3H2,1-2H3/b22-15+/t18-/m0/s1. The van der Waals surface area contributed by atoms with E-state index < -0.39 is 0 Å². The zero-order valence-electron chi connectivity index (χ0n) is 17.5. The average Bonchev–Trinajstić information content (AvgIpc) is 3.12. The smallest absolute Gasteiger partial charge is 0.262 e. The number of benzene rings is 3. The van der Waals surface area contributed by atoms with Gasteiger partial charge in [0, 0.05) is 21.3 Å². The van der Waals surface area contributed by atoms with Crippen LogP contribution in [0.25, 0.3) is 11.8 Å². The van der Waals surface area contributed by atoms with Crippen LogP contribution >= 0.6 is 23.2 Å². The maximum atomic E-state index is 13.5. The molecule has 0 saturated carbocycles. The molecule has 1 aliphatic rings. The van der Waals surface area contributed by atoms with E-state index in [0.29, 0.717) is 21.5 Å². The van der Waals surface area contributed by atoms with Crippen molar-refractivity contribution in [2.24, 2.45) is 0 Å². The molecule has 31 heavy (non-hydrogen) atoms. The van der Waals surface area contributed by atoms with Gasteiger partial charge in [0.1, 0.15) is 0 Å². The van der Waals surface area contributed by atoms with Gasteiger partial charge in [-0.2, -0.15) is 0 Å². The Kier molecular flexibility index (Phi) is 6.31. The van der Waals surface area contributed by atoms with E-state index in [1.165, 1.54) is 5.56 Å². The molecule has 4 heteroatoms. The molecule has 0 aromatic heterocycles. The lowest BCUT2D eigenvalue weighted by Gasteiger charge is -2.21. The third-order valence-electron chi connectivity index (χ3n) is 5.66. The summed E-state index contributed by atoms with van der Waals surface area (Å²) in [6, 6.07) is 23.5. The lowest BCUT2D eigenvalue weighted by atomic mass is 9.98. The quantitative estimate of drug-likeness (QED) is 0.363. The van der Waals surface area contributed by atoms with Crippen molar-refractivity contribution in [1.29, 1.82) is 0 Å². The van der Waals surface area contributed by atoms with Crippen LogP contribution in [0.2, 0.25) is 10.0 Å². The van der Waals surface area contributed by atoms with Crippen LogP contribution in [0.1, 0.15) is 42.9 Å². The molecule has 4 rings (SSSR count). The molecule has 0 radical (unpaired) electrons. The molecule has 0 aliphatic carbocycles. The van der Waals surface area contributed by atoms with Gasteiger partial charge in [-0.25, -0.2) is 0 Å². The van der Waals surface area contributed by atoms with E-state index in [0.717, 1.165) is 28.9 Å². The van der Waals surface area contributed by atoms with Crippen LogP contribution in [0.15, 0.2) is 84.4 Å². The van der Waals surface area contributed by atoms with Gasteiger partial charge in [0.15, 0.2) is 0 Å². The van der Waals surface area contributed by atoms with Gasteiger partial charge in [0.05, 0.1) is 5.70 Å². The Bertz CT molecular complexity index is 1160. The number of rotatable bonds is 5. The van der Waals surface area contributed by atoms with E-state index in [4.69, 9.17) is 23.2 Å². The van der Waals surface area contributed by atoms with Crippen LogP contribution in [0.5, 0.6) is 0 Å². The summed E-state index contributed by atoms with van der Waals surface area (Å²) in [5, 5.41) is 1.08. The number of anilines is 1. The third kappa shape index (κ3) is 4.46. The number of amides is 1. The molecule has 2 nitrogen and oxygen atoms in total. The van der Waals surface area contributed by atoms with Gasteiger partial charge in [0.2, 0.25) is 0 Å². The summed E-state index contributed by atoms with van der Waals surface area (Å²) < 4.78 is 0. The summed E-state index contributed by atoms with van der Waals surface area (Å²) in [5.41, 5.74) is 5.27. The fraction of sp³-hybridized carbons (Fsp3) is 0.148. The van der Waals surface area contributed by atoms with Crippen LogP contribution < -0.4 is 4.90 Å². The molecule has 0 unspecified atom stereocenters. The number of carbonyl (C=O) groups excluding carboxylic acids is 1. The first-order valence-corrected chi connectivity index (χ1v) is 11.1. The molecular weight excluding hydrogens is 425 g/mol. The Morgan fingerprint density at radius 3 is 2.32 bits per heavy atom. The Morgan fingerprint density at radius 1 is 0.968 bits per heavy atom. The number of nitrogens with zero attached hydrogens (tertiary/aromatic N) is 1. The van der Waals surface area contributed by atoms with Crippen LogP contribution in [0, 0.1) is 0 Å². The van der Waals surface area contributed by atoms with E-state index >= 15 is 0 Å². The van der Waals surface area contributed by atoms with Crippen molar-refractivity contribution in [2.75, 3.05) is 4.90 Å². The van der Waals surface area contributed by atoms with Crippen LogP contribution in [0.4, 0.5) is 5.69 Å². The van der Waals surface area contributed by atoms with E-state index in [2.05, 4.69) is 26.0 Å². The molecular formula is C27H23Cl2NO. The summed E-state index contributed by atoms with van der Waals surface area (Å²) in [6.07, 6.45) is 4.81. The van der Waals surface area contributed by atoms with Gasteiger partial charge in [-0.05, 0) is 65.4 Å². The fourth-order valence-corrected chi connectivity index (χ4v) is 4.13. The molecule has 0 saturated heterocycles. The van der Waals surface area contributed by atoms with E-state index in [1.54, 1.807) is 17.0 Å². The number of hydrogen-bond acceptors (Lipinski definition) is 1. The van der Waals surface area contributed by atoms with Gasteiger partial charge in [-0.3, -0.25) is 9.69 Å². The maximum absolute atomic E-state index is 13.5. The monoisotopic (exact) mass is 447 g/mol. The highest BCUT2D eigenvalue weighted by atomic mass is 35.5. The average molecular weight is 448 g/mol. The minimum Gasteiger partial charge on any atom is -0.276 e. The second kappa shape index (κ2) is 9.13. The van der Waals surface area contributed by atoms with Crippen LogP contribution in [-0.4, -0.2) is 5.91 Å². The lowest BCUT2D eigenvalue weighted by molar-refractivity contribution is -0.113. The van der Waals surface area contributed by atoms with Crippen molar-refractivity contribution in [1.82, 2.24) is 0 Å². The second-order valence-electron chi connectivity index (χ2n) is 7.70. The van der Waals surface area contributed by atoms with Gasteiger partial charge < -0.3 is 0 Å². The molecule has 1 heterocycles. The van der Waals surface area contributed by atoms with Crippen molar-refractivity contribution >= 4 is 46.6 Å². The van der Waals surface area contributed by atoms with Crippen molar-refractivity contribution in [3.05, 3.63) is 111 Å². The molecule has 0 N–H and O–H groups in total. The lowest BCUT2D eigenvalue weighted by Crippen LogP contribution is -2.25. The molecule has 1 atom stereocenters. The molecule has 0 bridgehead atoms. The summed E-state index contributed by atoms with van der Waals surface area (Å²) >= 11 is 12.4.